The highest BCUT2D eigenvalue weighted by Crippen LogP contribution is 2.17. The molecule has 1 aromatic carbocycles. The lowest BCUT2D eigenvalue weighted by Crippen LogP contribution is -2.34. The minimum Gasteiger partial charge on any atom is -0.339 e. The number of aryl methyl sites for hydroxylation is 1. The molecule has 0 aliphatic heterocycles. The molecule has 0 heterocycles. The molecule has 1 rings (SSSR count). The van der Waals surface area contributed by atoms with E-state index in [9.17, 15) is 4.79 Å². The molecular weight excluding hydrogens is 242 g/mol. The average Bonchev–Trinajstić information content (AvgIpc) is 2.37. The van der Waals surface area contributed by atoms with E-state index in [0.29, 0.717) is 5.92 Å². The quantitative estimate of drug-likeness (QED) is 0.803. The molecule has 2 nitrogen and oxygen atoms in total. The van der Waals surface area contributed by atoms with Crippen LogP contribution in [0.25, 0.3) is 0 Å². The number of rotatable bonds is 5. The van der Waals surface area contributed by atoms with E-state index in [4.69, 9.17) is 0 Å². The largest absolute Gasteiger partial charge is 0.339 e. The topological polar surface area (TPSA) is 20.3 Å². The van der Waals surface area contributed by atoms with E-state index < -0.39 is 0 Å². The van der Waals surface area contributed by atoms with E-state index in [1.165, 1.54) is 0 Å². The first kappa shape index (κ1) is 15.1. The smallest absolute Gasteiger partial charge is 0.254 e. The molecule has 0 radical (unpaired) electrons. The highest BCUT2D eigenvalue weighted by molar-refractivity contribution is 7.80. The summed E-state index contributed by atoms with van der Waals surface area (Å²) in [6.07, 6.45) is 1.09. The van der Waals surface area contributed by atoms with Gasteiger partial charge in [0.1, 0.15) is 0 Å². The van der Waals surface area contributed by atoms with Gasteiger partial charge in [-0.1, -0.05) is 26.3 Å². The molecule has 0 saturated heterocycles. The molecule has 3 heteroatoms. The zero-order valence-electron chi connectivity index (χ0n) is 11.7. The van der Waals surface area contributed by atoms with Crippen molar-refractivity contribution < 1.29 is 4.79 Å². The Morgan fingerprint density at radius 1 is 1.39 bits per heavy atom. The summed E-state index contributed by atoms with van der Waals surface area (Å²) >= 11 is 4.31. The zero-order chi connectivity index (χ0) is 13.7. The van der Waals surface area contributed by atoms with Gasteiger partial charge in [-0.25, -0.2) is 0 Å². The van der Waals surface area contributed by atoms with Gasteiger partial charge in [-0.3, -0.25) is 4.79 Å². The molecule has 1 aromatic rings. The molecule has 1 atom stereocenters. The maximum Gasteiger partial charge on any atom is 0.254 e. The first-order chi connectivity index (χ1) is 8.49. The minimum atomic E-state index is 0.117. The normalized spacial score (nSPS) is 12.3. The van der Waals surface area contributed by atoms with Crippen molar-refractivity contribution in [3.05, 3.63) is 29.3 Å². The summed E-state index contributed by atoms with van der Waals surface area (Å²) in [5, 5.41) is 0. The van der Waals surface area contributed by atoms with Crippen molar-refractivity contribution in [2.45, 2.75) is 39.0 Å². The first-order valence-electron chi connectivity index (χ1n) is 6.58. The molecule has 1 amide bonds. The number of hydrogen-bond acceptors (Lipinski definition) is 2. The van der Waals surface area contributed by atoms with Crippen LogP contribution in [-0.4, -0.2) is 23.9 Å². The summed E-state index contributed by atoms with van der Waals surface area (Å²) in [7, 11) is 0. The second-order valence-corrected chi connectivity index (χ2v) is 5.37. The Labute approximate surface area is 116 Å². The molecule has 100 valence electrons. The van der Waals surface area contributed by atoms with Gasteiger partial charge in [-0.15, -0.1) is 12.6 Å². The summed E-state index contributed by atoms with van der Waals surface area (Å²) in [4.78, 5) is 15.2. The third-order valence-corrected chi connectivity index (χ3v) is 3.63. The molecule has 0 aliphatic rings. The number of thiol groups is 1. The Kier molecular flexibility index (Phi) is 5.73. The SMILES string of the molecule is CCC(C)CN(CC)C(=O)c1cc(S)ccc1C. The maximum atomic E-state index is 12.5. The van der Waals surface area contributed by atoms with Crippen molar-refractivity contribution in [3.8, 4) is 0 Å². The zero-order valence-corrected chi connectivity index (χ0v) is 12.6. The van der Waals surface area contributed by atoms with Gasteiger partial charge < -0.3 is 4.90 Å². The predicted molar refractivity (Wildman–Crippen MR) is 79.5 cm³/mol. The van der Waals surface area contributed by atoms with Gasteiger partial charge in [0.25, 0.3) is 5.91 Å². The lowest BCUT2D eigenvalue weighted by Gasteiger charge is -2.25. The van der Waals surface area contributed by atoms with E-state index in [0.717, 1.165) is 35.5 Å². The molecular formula is C15H23NOS. The summed E-state index contributed by atoms with van der Waals surface area (Å²) in [5.74, 6) is 0.652. The van der Waals surface area contributed by atoms with Gasteiger partial charge in [-0.05, 0) is 37.5 Å². The summed E-state index contributed by atoms with van der Waals surface area (Å²) in [6, 6.07) is 5.73. The number of hydrogen-bond donors (Lipinski definition) is 1. The number of amides is 1. The van der Waals surface area contributed by atoms with E-state index in [-0.39, 0.29) is 5.91 Å². The summed E-state index contributed by atoms with van der Waals surface area (Å²) in [5.41, 5.74) is 1.79. The third-order valence-electron chi connectivity index (χ3n) is 3.35. The van der Waals surface area contributed by atoms with E-state index >= 15 is 0 Å². The number of nitrogens with zero attached hydrogens (tertiary/aromatic N) is 1. The van der Waals surface area contributed by atoms with Crippen molar-refractivity contribution in [1.82, 2.24) is 4.90 Å². The van der Waals surface area contributed by atoms with Crippen LogP contribution >= 0.6 is 12.6 Å². The highest BCUT2D eigenvalue weighted by atomic mass is 32.1. The molecule has 0 spiro atoms. The van der Waals surface area contributed by atoms with Gasteiger partial charge in [0.05, 0.1) is 0 Å². The molecule has 0 saturated carbocycles. The number of carbonyl (C=O) groups is 1. The van der Waals surface area contributed by atoms with Gasteiger partial charge in [0.2, 0.25) is 0 Å². The van der Waals surface area contributed by atoms with Gasteiger partial charge in [-0.2, -0.15) is 0 Å². The van der Waals surface area contributed by atoms with Crippen LogP contribution in [0.3, 0.4) is 0 Å². The fourth-order valence-electron chi connectivity index (χ4n) is 1.87. The van der Waals surface area contributed by atoms with E-state index in [2.05, 4.69) is 26.5 Å². The van der Waals surface area contributed by atoms with Crippen molar-refractivity contribution >= 4 is 18.5 Å². The summed E-state index contributed by atoms with van der Waals surface area (Å²) < 4.78 is 0. The van der Waals surface area contributed by atoms with Crippen LogP contribution in [0.15, 0.2) is 23.1 Å². The van der Waals surface area contributed by atoms with Gasteiger partial charge in [0, 0.05) is 23.5 Å². The second-order valence-electron chi connectivity index (χ2n) is 4.86. The van der Waals surface area contributed by atoms with Gasteiger partial charge >= 0.3 is 0 Å². The van der Waals surface area contributed by atoms with E-state index in [1.54, 1.807) is 0 Å². The molecule has 0 aromatic heterocycles. The van der Waals surface area contributed by atoms with Crippen LogP contribution in [-0.2, 0) is 0 Å². The number of carbonyl (C=O) groups excluding carboxylic acids is 1. The Balaban J connectivity index is 2.92. The highest BCUT2D eigenvalue weighted by Gasteiger charge is 2.17. The standard InChI is InChI=1S/C15H23NOS/c1-5-11(3)10-16(6-2)15(17)14-9-13(18)8-7-12(14)4/h7-9,11,18H,5-6,10H2,1-4H3. The lowest BCUT2D eigenvalue weighted by molar-refractivity contribution is 0.0740. The molecule has 0 fully saturated rings. The van der Waals surface area contributed by atoms with E-state index in [1.807, 2.05) is 36.9 Å². The van der Waals surface area contributed by atoms with Crippen molar-refractivity contribution in [1.29, 1.82) is 0 Å². The Morgan fingerprint density at radius 3 is 2.61 bits per heavy atom. The molecule has 0 N–H and O–H groups in total. The van der Waals surface area contributed by atoms with Crippen molar-refractivity contribution in [2.24, 2.45) is 5.92 Å². The fraction of sp³-hybridized carbons (Fsp3) is 0.533. The lowest BCUT2D eigenvalue weighted by atomic mass is 10.1. The molecule has 0 aliphatic carbocycles. The predicted octanol–water partition coefficient (Wildman–Crippen LogP) is 3.79. The van der Waals surface area contributed by atoms with Crippen LogP contribution in [0.5, 0.6) is 0 Å². The van der Waals surface area contributed by atoms with Crippen LogP contribution in [0.4, 0.5) is 0 Å². The van der Waals surface area contributed by atoms with Crippen LogP contribution in [0.1, 0.15) is 43.1 Å². The minimum absolute atomic E-state index is 0.117. The Bertz CT molecular complexity index is 417. The Morgan fingerprint density at radius 2 is 2.06 bits per heavy atom. The fourth-order valence-corrected chi connectivity index (χ4v) is 2.08. The van der Waals surface area contributed by atoms with Crippen LogP contribution in [0.2, 0.25) is 0 Å². The first-order valence-corrected chi connectivity index (χ1v) is 7.03. The van der Waals surface area contributed by atoms with Crippen LogP contribution in [0, 0.1) is 12.8 Å². The maximum absolute atomic E-state index is 12.5. The van der Waals surface area contributed by atoms with Crippen molar-refractivity contribution in [2.75, 3.05) is 13.1 Å². The second kappa shape index (κ2) is 6.83. The molecule has 18 heavy (non-hydrogen) atoms. The average molecular weight is 265 g/mol. The summed E-state index contributed by atoms with van der Waals surface area (Å²) in [6.45, 7) is 9.90. The molecule has 1 unspecified atom stereocenters. The van der Waals surface area contributed by atoms with Crippen LogP contribution < -0.4 is 0 Å². The van der Waals surface area contributed by atoms with Crippen molar-refractivity contribution in [3.63, 3.8) is 0 Å². The Hall–Kier alpha value is -0.960. The molecule has 0 bridgehead atoms. The van der Waals surface area contributed by atoms with Gasteiger partial charge in [0.15, 0.2) is 0 Å². The monoisotopic (exact) mass is 265 g/mol. The third kappa shape index (κ3) is 3.77. The number of benzene rings is 1.